The third-order valence-electron chi connectivity index (χ3n) is 3.09. The second-order valence-corrected chi connectivity index (χ2v) is 6.85. The van der Waals surface area contributed by atoms with Crippen LogP contribution in [0, 0.1) is 3.57 Å². The fraction of sp³-hybridized carbons (Fsp3) is 0.118. The van der Waals surface area contributed by atoms with Crippen molar-refractivity contribution in [1.82, 2.24) is 10.2 Å². The van der Waals surface area contributed by atoms with Crippen LogP contribution in [0.4, 0.5) is 5.69 Å². The van der Waals surface area contributed by atoms with Gasteiger partial charge in [-0.2, -0.15) is 0 Å². The molecule has 0 aliphatic heterocycles. The molecule has 2 rings (SSSR count). The molecule has 2 aromatic carbocycles. The molecule has 0 fully saturated rings. The van der Waals surface area contributed by atoms with Crippen LogP contribution < -0.4 is 10.6 Å². The highest BCUT2D eigenvalue weighted by Crippen LogP contribution is 2.12. The maximum absolute atomic E-state index is 12.2. The Labute approximate surface area is 159 Å². The molecule has 2 aromatic rings. The summed E-state index contributed by atoms with van der Waals surface area (Å²) >= 11 is 7.31. The number of anilines is 1. The lowest BCUT2D eigenvalue weighted by atomic mass is 10.2. The lowest BCUT2D eigenvalue weighted by Crippen LogP contribution is -2.34. The van der Waals surface area contributed by atoms with Crippen molar-refractivity contribution in [1.29, 1.82) is 0 Å². The van der Waals surface area contributed by atoms with Crippen molar-refractivity contribution in [2.24, 2.45) is 0 Å². The summed E-state index contributed by atoms with van der Waals surface area (Å²) in [5.74, 6) is -0.390. The van der Waals surface area contributed by atoms with Gasteiger partial charge >= 0.3 is 0 Å². The average molecular weight is 453 g/mol. The van der Waals surface area contributed by atoms with Gasteiger partial charge in [0.25, 0.3) is 11.8 Å². The molecule has 0 aromatic heterocycles. The number of carbonyl (C=O) groups is 2. The Hall–Kier alpha value is -2.00. The Morgan fingerprint density at radius 3 is 2.38 bits per heavy atom. The molecule has 0 spiro atoms. The summed E-state index contributed by atoms with van der Waals surface area (Å²) in [7, 11) is 3.38. The van der Waals surface area contributed by atoms with E-state index >= 15 is 0 Å². The largest absolute Gasteiger partial charge is 0.345 e. The molecule has 0 saturated carbocycles. The van der Waals surface area contributed by atoms with Crippen molar-refractivity contribution in [2.45, 2.75) is 0 Å². The smallest absolute Gasteiger partial charge is 0.257 e. The minimum Gasteiger partial charge on any atom is -0.345 e. The summed E-state index contributed by atoms with van der Waals surface area (Å²) in [6.07, 6.45) is 0. The number of benzene rings is 2. The highest BCUT2D eigenvalue weighted by Gasteiger charge is 2.11. The number of rotatable bonds is 3. The number of hydrogen-bond donors (Lipinski definition) is 2. The zero-order valence-electron chi connectivity index (χ0n) is 13.2. The fourth-order valence-electron chi connectivity index (χ4n) is 1.96. The summed E-state index contributed by atoms with van der Waals surface area (Å²) in [5.41, 5.74) is 1.70. The van der Waals surface area contributed by atoms with E-state index in [1.807, 2.05) is 12.1 Å². The topological polar surface area (TPSA) is 61.4 Å². The van der Waals surface area contributed by atoms with Gasteiger partial charge in [-0.15, -0.1) is 0 Å². The van der Waals surface area contributed by atoms with Gasteiger partial charge in [0.15, 0.2) is 5.11 Å². The first-order valence-electron chi connectivity index (χ1n) is 7.06. The molecule has 0 heterocycles. The molecule has 7 heteroatoms. The van der Waals surface area contributed by atoms with Crippen LogP contribution in [0.5, 0.6) is 0 Å². The Bertz CT molecular complexity index is 793. The third-order valence-corrected chi connectivity index (χ3v) is 3.96. The van der Waals surface area contributed by atoms with Crippen molar-refractivity contribution in [3.8, 4) is 0 Å². The van der Waals surface area contributed by atoms with Crippen LogP contribution in [0.25, 0.3) is 0 Å². The lowest BCUT2D eigenvalue weighted by Gasteiger charge is -2.13. The molecule has 124 valence electrons. The van der Waals surface area contributed by atoms with Gasteiger partial charge in [0.1, 0.15) is 0 Å². The lowest BCUT2D eigenvalue weighted by molar-refractivity contribution is 0.0827. The van der Waals surface area contributed by atoms with E-state index in [4.69, 9.17) is 12.2 Å². The van der Waals surface area contributed by atoms with Crippen LogP contribution >= 0.6 is 34.8 Å². The number of nitrogens with one attached hydrogen (secondary N) is 2. The maximum atomic E-state index is 12.2. The molecular weight excluding hydrogens is 437 g/mol. The van der Waals surface area contributed by atoms with Gasteiger partial charge in [-0.05, 0) is 71.2 Å². The summed E-state index contributed by atoms with van der Waals surface area (Å²) in [6, 6.07) is 14.1. The molecule has 0 bridgehead atoms. The maximum Gasteiger partial charge on any atom is 0.257 e. The predicted molar refractivity (Wildman–Crippen MR) is 107 cm³/mol. The van der Waals surface area contributed by atoms with Crippen molar-refractivity contribution in [3.05, 3.63) is 63.2 Å². The zero-order valence-corrected chi connectivity index (χ0v) is 16.1. The van der Waals surface area contributed by atoms with Crippen LogP contribution in [-0.4, -0.2) is 35.9 Å². The summed E-state index contributed by atoms with van der Waals surface area (Å²) in [4.78, 5) is 25.6. The summed E-state index contributed by atoms with van der Waals surface area (Å²) < 4.78 is 0.967. The van der Waals surface area contributed by atoms with Crippen LogP contribution in [0.2, 0.25) is 0 Å². The minimum absolute atomic E-state index is 0.104. The first-order valence-corrected chi connectivity index (χ1v) is 8.55. The van der Waals surface area contributed by atoms with Gasteiger partial charge in [0, 0.05) is 34.5 Å². The molecular formula is C17H16IN3O2S. The number of amides is 2. The molecule has 0 aliphatic rings. The van der Waals surface area contributed by atoms with Crippen molar-refractivity contribution in [2.75, 3.05) is 19.4 Å². The predicted octanol–water partition coefficient (Wildman–Crippen LogP) is 3.12. The number of thiocarbonyl (C=S) groups is 1. The normalized spacial score (nSPS) is 9.96. The monoisotopic (exact) mass is 453 g/mol. The van der Waals surface area contributed by atoms with Crippen LogP contribution in [0.1, 0.15) is 20.7 Å². The first-order chi connectivity index (χ1) is 11.4. The van der Waals surface area contributed by atoms with Gasteiger partial charge in [0.2, 0.25) is 0 Å². The highest BCUT2D eigenvalue weighted by molar-refractivity contribution is 14.1. The van der Waals surface area contributed by atoms with E-state index in [1.54, 1.807) is 50.5 Å². The summed E-state index contributed by atoms with van der Waals surface area (Å²) in [6.45, 7) is 0. The quantitative estimate of drug-likeness (QED) is 0.554. The van der Waals surface area contributed by atoms with Gasteiger partial charge in [-0.25, -0.2) is 0 Å². The number of carbonyl (C=O) groups excluding carboxylic acids is 2. The van der Waals surface area contributed by atoms with Gasteiger partial charge < -0.3 is 10.2 Å². The Balaban J connectivity index is 2.03. The van der Waals surface area contributed by atoms with E-state index in [9.17, 15) is 9.59 Å². The zero-order chi connectivity index (χ0) is 17.7. The standard InChI is InChI=1S/C17H16IN3O2S/c1-21(2)16(23)12-6-4-8-14(10-12)19-17(24)20-15(22)11-5-3-7-13(18)9-11/h3-10H,1-2H3,(H2,19,20,22,24). The number of nitrogens with zero attached hydrogens (tertiary/aromatic N) is 1. The molecule has 0 unspecified atom stereocenters. The van der Waals surface area contributed by atoms with Gasteiger partial charge in [-0.1, -0.05) is 12.1 Å². The average Bonchev–Trinajstić information content (AvgIpc) is 2.54. The minimum atomic E-state index is -0.286. The Morgan fingerprint density at radius 1 is 1.04 bits per heavy atom. The molecule has 2 amide bonds. The number of hydrogen-bond acceptors (Lipinski definition) is 3. The van der Waals surface area contributed by atoms with Gasteiger partial charge in [0.05, 0.1) is 0 Å². The molecule has 2 N–H and O–H groups in total. The van der Waals surface area contributed by atoms with E-state index in [1.165, 1.54) is 4.90 Å². The van der Waals surface area contributed by atoms with E-state index in [2.05, 4.69) is 33.2 Å². The molecule has 5 nitrogen and oxygen atoms in total. The summed E-state index contributed by atoms with van der Waals surface area (Å²) in [5, 5.41) is 5.72. The van der Waals surface area contributed by atoms with Crippen molar-refractivity contribution < 1.29 is 9.59 Å². The Morgan fingerprint density at radius 2 is 1.71 bits per heavy atom. The Kier molecular flexibility index (Phi) is 6.27. The van der Waals surface area contributed by atoms with E-state index < -0.39 is 0 Å². The highest BCUT2D eigenvalue weighted by atomic mass is 127. The van der Waals surface area contributed by atoms with E-state index in [0.29, 0.717) is 16.8 Å². The van der Waals surface area contributed by atoms with E-state index in [-0.39, 0.29) is 16.9 Å². The SMILES string of the molecule is CN(C)C(=O)c1cccc(NC(=S)NC(=O)c2cccc(I)c2)c1. The third kappa shape index (κ3) is 5.00. The molecule has 0 saturated heterocycles. The second-order valence-electron chi connectivity index (χ2n) is 5.20. The molecule has 0 atom stereocenters. The van der Waals surface area contributed by atoms with Crippen LogP contribution in [0.15, 0.2) is 48.5 Å². The molecule has 24 heavy (non-hydrogen) atoms. The first kappa shape index (κ1) is 18.3. The van der Waals surface area contributed by atoms with Crippen LogP contribution in [0.3, 0.4) is 0 Å². The van der Waals surface area contributed by atoms with Crippen molar-refractivity contribution in [3.63, 3.8) is 0 Å². The second kappa shape index (κ2) is 8.20. The van der Waals surface area contributed by atoms with Crippen molar-refractivity contribution >= 4 is 57.4 Å². The number of halogens is 1. The van der Waals surface area contributed by atoms with E-state index in [0.717, 1.165) is 3.57 Å². The molecule has 0 radical (unpaired) electrons. The van der Waals surface area contributed by atoms with Gasteiger partial charge in [-0.3, -0.25) is 14.9 Å². The van der Waals surface area contributed by atoms with Crippen LogP contribution in [-0.2, 0) is 0 Å². The molecule has 0 aliphatic carbocycles. The fourth-order valence-corrected chi connectivity index (χ4v) is 2.71.